The van der Waals surface area contributed by atoms with Crippen LogP contribution in [0.4, 0.5) is 0 Å². The molecule has 2 aromatic rings. The van der Waals surface area contributed by atoms with Crippen LogP contribution in [0.5, 0.6) is 11.5 Å². The Balaban J connectivity index is 2.32. The first-order valence-corrected chi connectivity index (χ1v) is 9.58. The second-order valence-corrected chi connectivity index (χ2v) is 6.59. The molecule has 5 nitrogen and oxygen atoms in total. The minimum Gasteiger partial charge on any atom is -0.490 e. The van der Waals surface area contributed by atoms with Crippen molar-refractivity contribution in [3.8, 4) is 17.6 Å². The molecule has 0 atom stereocenters. The molecule has 140 valence electrons. The van der Waals surface area contributed by atoms with Crippen LogP contribution in [0.15, 0.2) is 48.0 Å². The van der Waals surface area contributed by atoms with Crippen LogP contribution in [0.1, 0.15) is 25.0 Å². The van der Waals surface area contributed by atoms with Gasteiger partial charge in [0.05, 0.1) is 16.8 Å². The molecule has 0 saturated heterocycles. The fourth-order valence-corrected chi connectivity index (χ4v) is 3.10. The van der Waals surface area contributed by atoms with Gasteiger partial charge in [-0.05, 0) is 65.8 Å². The molecule has 0 aliphatic heterocycles. The van der Waals surface area contributed by atoms with E-state index in [4.69, 9.17) is 14.2 Å². The van der Waals surface area contributed by atoms with Gasteiger partial charge in [-0.2, -0.15) is 5.26 Å². The minimum atomic E-state index is -0.641. The molecule has 6 heteroatoms. The third-order valence-corrected chi connectivity index (χ3v) is 4.29. The van der Waals surface area contributed by atoms with E-state index in [2.05, 4.69) is 22.6 Å². The smallest absolute Gasteiger partial charge is 0.348 e. The molecule has 0 bridgehead atoms. The summed E-state index contributed by atoms with van der Waals surface area (Å²) < 4.78 is 17.4. The van der Waals surface area contributed by atoms with Gasteiger partial charge in [0.25, 0.3) is 0 Å². The van der Waals surface area contributed by atoms with Crippen molar-refractivity contribution >= 4 is 34.6 Å². The van der Waals surface area contributed by atoms with Gasteiger partial charge < -0.3 is 14.2 Å². The molecule has 0 radical (unpaired) electrons. The molecule has 0 heterocycles. The number of halogens is 1. The zero-order valence-corrected chi connectivity index (χ0v) is 17.4. The van der Waals surface area contributed by atoms with Crippen molar-refractivity contribution in [3.05, 3.63) is 62.7 Å². The van der Waals surface area contributed by atoms with E-state index in [1.165, 1.54) is 6.08 Å². The molecule has 0 spiro atoms. The standard InChI is InChI=1S/C21H20INO4/c1-3-25-19-12-16(10-17(13-23)21(24)26-4-2)11-18(22)20(19)27-14-15-8-6-5-7-9-15/h5-12H,3-4,14H2,1-2H3/b17-10-. The van der Waals surface area contributed by atoms with Crippen LogP contribution < -0.4 is 9.47 Å². The Kier molecular flexibility index (Phi) is 8.14. The van der Waals surface area contributed by atoms with E-state index < -0.39 is 5.97 Å². The first-order valence-electron chi connectivity index (χ1n) is 8.51. The van der Waals surface area contributed by atoms with Crippen molar-refractivity contribution in [2.75, 3.05) is 13.2 Å². The maximum absolute atomic E-state index is 11.8. The van der Waals surface area contributed by atoms with Gasteiger partial charge in [0.15, 0.2) is 11.5 Å². The highest BCUT2D eigenvalue weighted by Gasteiger charge is 2.15. The molecule has 2 aromatic carbocycles. The summed E-state index contributed by atoms with van der Waals surface area (Å²) in [5.41, 5.74) is 1.65. The van der Waals surface area contributed by atoms with Crippen molar-refractivity contribution in [1.82, 2.24) is 0 Å². The molecule has 0 saturated carbocycles. The molecule has 0 fully saturated rings. The fraction of sp³-hybridized carbons (Fsp3) is 0.238. The topological polar surface area (TPSA) is 68.6 Å². The number of ether oxygens (including phenoxy) is 3. The van der Waals surface area contributed by atoms with Gasteiger partial charge >= 0.3 is 5.97 Å². The number of nitrogens with zero attached hydrogens (tertiary/aromatic N) is 1. The predicted octanol–water partition coefficient (Wildman–Crippen LogP) is 4.74. The van der Waals surface area contributed by atoms with Crippen LogP contribution in [-0.2, 0) is 16.1 Å². The number of carbonyl (C=O) groups excluding carboxylic acids is 1. The van der Waals surface area contributed by atoms with Crippen LogP contribution in [0.25, 0.3) is 6.08 Å². The predicted molar refractivity (Wildman–Crippen MR) is 111 cm³/mol. The lowest BCUT2D eigenvalue weighted by Gasteiger charge is -2.15. The zero-order chi connectivity index (χ0) is 19.6. The lowest BCUT2D eigenvalue weighted by molar-refractivity contribution is -0.137. The quantitative estimate of drug-likeness (QED) is 0.238. The number of hydrogen-bond acceptors (Lipinski definition) is 5. The second kappa shape index (κ2) is 10.6. The molecule has 0 aliphatic carbocycles. The van der Waals surface area contributed by atoms with Crippen molar-refractivity contribution in [1.29, 1.82) is 5.26 Å². The summed E-state index contributed by atoms with van der Waals surface area (Å²) in [6.07, 6.45) is 1.49. The average molecular weight is 477 g/mol. The van der Waals surface area contributed by atoms with Crippen molar-refractivity contribution in [3.63, 3.8) is 0 Å². The number of hydrogen-bond donors (Lipinski definition) is 0. The van der Waals surface area contributed by atoms with Crippen LogP contribution in [0.2, 0.25) is 0 Å². The Bertz CT molecular complexity index is 856. The van der Waals surface area contributed by atoms with Gasteiger partial charge in [-0.25, -0.2) is 4.79 Å². The number of rotatable bonds is 8. The summed E-state index contributed by atoms with van der Waals surface area (Å²) >= 11 is 2.15. The Hall–Kier alpha value is -2.53. The van der Waals surface area contributed by atoms with Crippen LogP contribution in [0.3, 0.4) is 0 Å². The van der Waals surface area contributed by atoms with Crippen LogP contribution >= 0.6 is 22.6 Å². The molecule has 0 N–H and O–H groups in total. The molecule has 2 rings (SSSR count). The normalized spacial score (nSPS) is 10.8. The van der Waals surface area contributed by atoms with Crippen LogP contribution in [-0.4, -0.2) is 19.2 Å². The van der Waals surface area contributed by atoms with E-state index in [0.29, 0.717) is 30.3 Å². The largest absolute Gasteiger partial charge is 0.490 e. The number of benzene rings is 2. The first-order chi connectivity index (χ1) is 13.1. The summed E-state index contributed by atoms with van der Waals surface area (Å²) in [6, 6.07) is 15.3. The van der Waals surface area contributed by atoms with Gasteiger partial charge in [0.2, 0.25) is 0 Å². The molecule has 0 aliphatic rings. The van der Waals surface area contributed by atoms with Crippen molar-refractivity contribution < 1.29 is 19.0 Å². The first kappa shape index (κ1) is 20.8. The third kappa shape index (κ3) is 6.00. The van der Waals surface area contributed by atoms with Gasteiger partial charge in [0.1, 0.15) is 18.2 Å². The molecular formula is C21H20INO4. The van der Waals surface area contributed by atoms with Crippen molar-refractivity contribution in [2.24, 2.45) is 0 Å². The molecule has 27 heavy (non-hydrogen) atoms. The molecule has 0 aromatic heterocycles. The van der Waals surface area contributed by atoms with E-state index in [1.807, 2.05) is 49.4 Å². The summed E-state index contributed by atoms with van der Waals surface area (Å²) in [7, 11) is 0. The number of esters is 1. The lowest BCUT2D eigenvalue weighted by Crippen LogP contribution is -2.06. The Morgan fingerprint density at radius 3 is 2.52 bits per heavy atom. The fourth-order valence-electron chi connectivity index (χ4n) is 2.32. The molecule has 0 unspecified atom stereocenters. The summed E-state index contributed by atoms with van der Waals surface area (Å²) in [5.74, 6) is 0.554. The van der Waals surface area contributed by atoms with E-state index in [1.54, 1.807) is 13.0 Å². The molecule has 0 amide bonds. The SMILES string of the molecule is CCOC(=O)/C(C#N)=C\c1cc(I)c(OCc2ccccc2)c(OCC)c1. The van der Waals surface area contributed by atoms with Gasteiger partial charge in [0, 0.05) is 0 Å². The number of carbonyl (C=O) groups is 1. The maximum Gasteiger partial charge on any atom is 0.348 e. The highest BCUT2D eigenvalue weighted by molar-refractivity contribution is 14.1. The zero-order valence-electron chi connectivity index (χ0n) is 15.2. The highest BCUT2D eigenvalue weighted by Crippen LogP contribution is 2.35. The van der Waals surface area contributed by atoms with E-state index in [0.717, 1.165) is 9.13 Å². The molecular weight excluding hydrogens is 457 g/mol. The highest BCUT2D eigenvalue weighted by atomic mass is 127. The third-order valence-electron chi connectivity index (χ3n) is 3.48. The maximum atomic E-state index is 11.8. The summed E-state index contributed by atoms with van der Waals surface area (Å²) in [4.78, 5) is 11.8. The van der Waals surface area contributed by atoms with E-state index in [9.17, 15) is 10.1 Å². The lowest BCUT2D eigenvalue weighted by atomic mass is 10.1. The summed E-state index contributed by atoms with van der Waals surface area (Å²) in [6.45, 7) is 4.68. The Morgan fingerprint density at radius 1 is 1.15 bits per heavy atom. The monoisotopic (exact) mass is 477 g/mol. The van der Waals surface area contributed by atoms with Crippen LogP contribution in [0, 0.1) is 14.9 Å². The second-order valence-electron chi connectivity index (χ2n) is 5.43. The minimum absolute atomic E-state index is 0.0620. The van der Waals surface area contributed by atoms with E-state index >= 15 is 0 Å². The number of nitriles is 1. The average Bonchev–Trinajstić information content (AvgIpc) is 2.66. The van der Waals surface area contributed by atoms with Crippen molar-refractivity contribution in [2.45, 2.75) is 20.5 Å². The van der Waals surface area contributed by atoms with Gasteiger partial charge in [-0.1, -0.05) is 30.3 Å². The Morgan fingerprint density at radius 2 is 1.89 bits per heavy atom. The summed E-state index contributed by atoms with van der Waals surface area (Å²) in [5, 5.41) is 9.21. The van der Waals surface area contributed by atoms with E-state index in [-0.39, 0.29) is 12.2 Å². The van der Waals surface area contributed by atoms with Gasteiger partial charge in [-0.3, -0.25) is 0 Å². The van der Waals surface area contributed by atoms with Gasteiger partial charge in [-0.15, -0.1) is 0 Å². The Labute approximate surface area is 172 Å².